The Balaban J connectivity index is 1.97. The van der Waals surface area contributed by atoms with Crippen LogP contribution in [0.2, 0.25) is 0 Å². The predicted octanol–water partition coefficient (Wildman–Crippen LogP) is 1.56. The van der Waals surface area contributed by atoms with E-state index in [9.17, 15) is 4.79 Å². The van der Waals surface area contributed by atoms with Crippen LogP contribution in [-0.4, -0.2) is 42.3 Å². The molecule has 1 heterocycles. The third-order valence-electron chi connectivity index (χ3n) is 3.40. The number of benzene rings is 1. The Bertz CT molecular complexity index is 538. The minimum absolute atomic E-state index is 0.0456. The summed E-state index contributed by atoms with van der Waals surface area (Å²) < 4.78 is 5.43. The van der Waals surface area contributed by atoms with Crippen LogP contribution in [0, 0.1) is 11.8 Å². The van der Waals surface area contributed by atoms with Crippen molar-refractivity contribution >= 4 is 5.91 Å². The van der Waals surface area contributed by atoms with Crippen LogP contribution >= 0.6 is 0 Å². The van der Waals surface area contributed by atoms with Gasteiger partial charge in [-0.3, -0.25) is 4.79 Å². The molecule has 0 saturated carbocycles. The Morgan fingerprint density at radius 1 is 1.52 bits per heavy atom. The highest BCUT2D eigenvalue weighted by Crippen LogP contribution is 2.15. The summed E-state index contributed by atoms with van der Waals surface area (Å²) in [7, 11) is 1.80. The average molecular weight is 287 g/mol. The molecule has 0 aliphatic carbocycles. The summed E-state index contributed by atoms with van der Waals surface area (Å²) >= 11 is 0. The van der Waals surface area contributed by atoms with Gasteiger partial charge in [-0.15, -0.1) is 0 Å². The summed E-state index contributed by atoms with van der Waals surface area (Å²) in [6.45, 7) is 1.31. The van der Waals surface area contributed by atoms with E-state index in [4.69, 9.17) is 9.84 Å². The molecule has 0 spiro atoms. The van der Waals surface area contributed by atoms with Crippen LogP contribution in [-0.2, 0) is 16.1 Å². The first-order valence-electron chi connectivity index (χ1n) is 7.26. The van der Waals surface area contributed by atoms with Crippen molar-refractivity contribution < 1.29 is 14.6 Å². The standard InChI is InChI=1S/C17H21NO3/c1-18(17(20)16-9-5-11-21-16)13-15-8-4-7-14(12-15)6-2-3-10-19/h4,7-8,12,16,19H,3,5,9-11,13H2,1H3. The van der Waals surface area contributed by atoms with Crippen LogP contribution in [0.3, 0.4) is 0 Å². The lowest BCUT2D eigenvalue weighted by Gasteiger charge is -2.20. The first-order chi connectivity index (χ1) is 10.2. The lowest BCUT2D eigenvalue weighted by atomic mass is 10.1. The Labute approximate surface area is 125 Å². The van der Waals surface area contributed by atoms with E-state index in [0.717, 1.165) is 24.0 Å². The molecule has 2 rings (SSSR count). The topological polar surface area (TPSA) is 49.8 Å². The Morgan fingerprint density at radius 2 is 2.38 bits per heavy atom. The van der Waals surface area contributed by atoms with Gasteiger partial charge in [-0.2, -0.15) is 0 Å². The Hall–Kier alpha value is -1.83. The number of carbonyl (C=O) groups is 1. The molecule has 0 aromatic heterocycles. The minimum Gasteiger partial charge on any atom is -0.395 e. The molecular weight excluding hydrogens is 266 g/mol. The van der Waals surface area contributed by atoms with Gasteiger partial charge in [-0.25, -0.2) is 0 Å². The molecule has 1 saturated heterocycles. The van der Waals surface area contributed by atoms with Gasteiger partial charge in [0.05, 0.1) is 6.61 Å². The molecule has 1 amide bonds. The molecule has 1 unspecified atom stereocenters. The van der Waals surface area contributed by atoms with Crippen molar-refractivity contribution in [2.45, 2.75) is 31.9 Å². The molecule has 1 aromatic carbocycles. The number of aliphatic hydroxyl groups is 1. The molecule has 0 bridgehead atoms. The molecule has 21 heavy (non-hydrogen) atoms. The SMILES string of the molecule is CN(Cc1cccc(C#CCCO)c1)C(=O)C1CCCO1. The highest BCUT2D eigenvalue weighted by Gasteiger charge is 2.26. The van der Waals surface area contributed by atoms with Gasteiger partial charge in [-0.1, -0.05) is 24.0 Å². The second-order valence-corrected chi connectivity index (χ2v) is 5.17. The maximum absolute atomic E-state index is 12.2. The van der Waals surface area contributed by atoms with Crippen molar-refractivity contribution in [2.75, 3.05) is 20.3 Å². The molecule has 4 nitrogen and oxygen atoms in total. The van der Waals surface area contributed by atoms with Gasteiger partial charge < -0.3 is 14.7 Å². The highest BCUT2D eigenvalue weighted by molar-refractivity contribution is 5.80. The molecule has 0 radical (unpaired) electrons. The van der Waals surface area contributed by atoms with Crippen LogP contribution in [0.5, 0.6) is 0 Å². The number of rotatable bonds is 4. The van der Waals surface area contributed by atoms with Crippen molar-refractivity contribution in [3.05, 3.63) is 35.4 Å². The molecule has 112 valence electrons. The van der Waals surface area contributed by atoms with Crippen molar-refractivity contribution in [3.8, 4) is 11.8 Å². The maximum Gasteiger partial charge on any atom is 0.251 e. The van der Waals surface area contributed by atoms with Crippen molar-refractivity contribution in [3.63, 3.8) is 0 Å². The fourth-order valence-corrected chi connectivity index (χ4v) is 2.34. The fraction of sp³-hybridized carbons (Fsp3) is 0.471. The van der Waals surface area contributed by atoms with Gasteiger partial charge in [0, 0.05) is 32.2 Å². The predicted molar refractivity (Wildman–Crippen MR) is 80.5 cm³/mol. The van der Waals surface area contributed by atoms with Crippen molar-refractivity contribution in [1.82, 2.24) is 4.90 Å². The third-order valence-corrected chi connectivity index (χ3v) is 3.40. The van der Waals surface area contributed by atoms with Gasteiger partial charge in [0.2, 0.25) is 0 Å². The van der Waals surface area contributed by atoms with Crippen LogP contribution in [0.4, 0.5) is 0 Å². The summed E-state index contributed by atoms with van der Waals surface area (Å²) in [4.78, 5) is 13.9. The molecule has 1 aliphatic heterocycles. The van der Waals surface area contributed by atoms with Gasteiger partial charge in [0.25, 0.3) is 5.91 Å². The van der Waals surface area contributed by atoms with Gasteiger partial charge in [0.15, 0.2) is 0 Å². The molecule has 1 aliphatic rings. The van der Waals surface area contributed by atoms with E-state index in [1.165, 1.54) is 0 Å². The second-order valence-electron chi connectivity index (χ2n) is 5.17. The minimum atomic E-state index is -0.275. The summed E-state index contributed by atoms with van der Waals surface area (Å²) in [5.41, 5.74) is 1.94. The van der Waals surface area contributed by atoms with E-state index >= 15 is 0 Å². The van der Waals surface area contributed by atoms with E-state index in [-0.39, 0.29) is 18.6 Å². The highest BCUT2D eigenvalue weighted by atomic mass is 16.5. The first-order valence-corrected chi connectivity index (χ1v) is 7.26. The van der Waals surface area contributed by atoms with Crippen LogP contribution in [0.1, 0.15) is 30.4 Å². The maximum atomic E-state index is 12.2. The zero-order valence-corrected chi connectivity index (χ0v) is 12.3. The summed E-state index contributed by atoms with van der Waals surface area (Å²) in [6.07, 6.45) is 1.97. The number of amides is 1. The average Bonchev–Trinajstić information content (AvgIpc) is 3.01. The van der Waals surface area contributed by atoms with Crippen LogP contribution in [0.25, 0.3) is 0 Å². The first kappa shape index (κ1) is 15.6. The monoisotopic (exact) mass is 287 g/mol. The lowest BCUT2D eigenvalue weighted by Crippen LogP contribution is -2.35. The Morgan fingerprint density at radius 3 is 3.10 bits per heavy atom. The number of hydrogen-bond donors (Lipinski definition) is 1. The number of aliphatic hydroxyl groups excluding tert-OH is 1. The largest absolute Gasteiger partial charge is 0.395 e. The van der Waals surface area contributed by atoms with Crippen molar-refractivity contribution in [2.24, 2.45) is 0 Å². The smallest absolute Gasteiger partial charge is 0.251 e. The molecule has 1 aromatic rings. The van der Waals surface area contributed by atoms with Crippen LogP contribution in [0.15, 0.2) is 24.3 Å². The molecule has 1 fully saturated rings. The van der Waals surface area contributed by atoms with E-state index in [2.05, 4.69) is 11.8 Å². The van der Waals surface area contributed by atoms with E-state index in [0.29, 0.717) is 19.6 Å². The van der Waals surface area contributed by atoms with E-state index < -0.39 is 0 Å². The summed E-state index contributed by atoms with van der Waals surface area (Å²) in [5, 5.41) is 8.72. The fourth-order valence-electron chi connectivity index (χ4n) is 2.34. The van der Waals surface area contributed by atoms with E-state index in [1.807, 2.05) is 24.3 Å². The molecular formula is C17H21NO3. The lowest BCUT2D eigenvalue weighted by molar-refractivity contribution is -0.140. The quantitative estimate of drug-likeness (QED) is 0.855. The number of nitrogens with zero attached hydrogens (tertiary/aromatic N) is 1. The van der Waals surface area contributed by atoms with Crippen molar-refractivity contribution in [1.29, 1.82) is 0 Å². The number of ether oxygens (including phenoxy) is 1. The number of hydrogen-bond acceptors (Lipinski definition) is 3. The number of carbonyl (C=O) groups excluding carboxylic acids is 1. The molecule has 1 N–H and O–H groups in total. The number of likely N-dealkylation sites (N-methyl/N-ethyl adjacent to an activating group) is 1. The summed E-state index contributed by atoms with van der Waals surface area (Å²) in [6, 6.07) is 7.82. The Kier molecular flexibility index (Phi) is 5.79. The second kappa shape index (κ2) is 7.82. The molecule has 4 heteroatoms. The zero-order valence-electron chi connectivity index (χ0n) is 12.3. The van der Waals surface area contributed by atoms with Gasteiger partial charge >= 0.3 is 0 Å². The third kappa shape index (κ3) is 4.59. The normalized spacial score (nSPS) is 17.1. The van der Waals surface area contributed by atoms with Crippen LogP contribution < -0.4 is 0 Å². The molecule has 1 atom stereocenters. The van der Waals surface area contributed by atoms with Gasteiger partial charge in [-0.05, 0) is 30.5 Å². The summed E-state index contributed by atoms with van der Waals surface area (Å²) in [5.74, 6) is 5.95. The van der Waals surface area contributed by atoms with Gasteiger partial charge in [0.1, 0.15) is 6.10 Å². The zero-order chi connectivity index (χ0) is 15.1. The van der Waals surface area contributed by atoms with E-state index in [1.54, 1.807) is 11.9 Å².